The third-order valence-corrected chi connectivity index (χ3v) is 3.06. The van der Waals surface area contributed by atoms with Crippen molar-refractivity contribution in [1.29, 1.82) is 5.26 Å². The Morgan fingerprint density at radius 2 is 2.25 bits per heavy atom. The molecule has 0 spiro atoms. The van der Waals surface area contributed by atoms with Crippen molar-refractivity contribution in [3.63, 3.8) is 0 Å². The van der Waals surface area contributed by atoms with Crippen molar-refractivity contribution in [2.45, 2.75) is 0 Å². The van der Waals surface area contributed by atoms with E-state index in [1.54, 1.807) is 32.4 Å². The first kappa shape index (κ1) is 16.2. The number of rotatable bonds is 6. The van der Waals surface area contributed by atoms with Gasteiger partial charge in [-0.05, 0) is 39.7 Å². The van der Waals surface area contributed by atoms with E-state index in [1.165, 1.54) is 6.08 Å². The van der Waals surface area contributed by atoms with E-state index in [1.807, 2.05) is 6.07 Å². The third-order valence-electron chi connectivity index (χ3n) is 2.44. The molecular formula is C14H15BrN2O3. The van der Waals surface area contributed by atoms with Crippen LogP contribution in [0.25, 0.3) is 6.08 Å². The summed E-state index contributed by atoms with van der Waals surface area (Å²) in [7, 11) is 3.11. The summed E-state index contributed by atoms with van der Waals surface area (Å²) in [4.78, 5) is 11.8. The van der Waals surface area contributed by atoms with E-state index in [0.717, 1.165) is 10.0 Å². The molecule has 6 heteroatoms. The molecule has 0 aliphatic rings. The van der Waals surface area contributed by atoms with Crippen LogP contribution in [0.3, 0.4) is 0 Å². The first-order valence-electron chi connectivity index (χ1n) is 5.84. The second-order valence-corrected chi connectivity index (χ2v) is 4.67. The number of halogens is 1. The minimum Gasteiger partial charge on any atom is -0.496 e. The number of nitrogens with zero attached hydrogens (tertiary/aromatic N) is 1. The van der Waals surface area contributed by atoms with E-state index in [9.17, 15) is 4.79 Å². The van der Waals surface area contributed by atoms with Gasteiger partial charge in [0.05, 0.1) is 18.2 Å². The Morgan fingerprint density at radius 1 is 1.50 bits per heavy atom. The Labute approximate surface area is 126 Å². The van der Waals surface area contributed by atoms with Gasteiger partial charge in [0.1, 0.15) is 17.4 Å². The minimum absolute atomic E-state index is 0.0400. The number of carbonyl (C=O) groups is 1. The quantitative estimate of drug-likeness (QED) is 0.490. The Morgan fingerprint density at radius 3 is 2.80 bits per heavy atom. The predicted octanol–water partition coefficient (Wildman–Crippen LogP) is 2.13. The highest BCUT2D eigenvalue weighted by Crippen LogP contribution is 2.26. The second kappa shape index (κ2) is 8.35. The van der Waals surface area contributed by atoms with Crippen molar-refractivity contribution in [3.05, 3.63) is 33.8 Å². The molecule has 1 aromatic carbocycles. The maximum atomic E-state index is 11.8. The van der Waals surface area contributed by atoms with Gasteiger partial charge in [-0.2, -0.15) is 5.26 Å². The molecule has 0 fully saturated rings. The van der Waals surface area contributed by atoms with Crippen molar-refractivity contribution in [2.24, 2.45) is 0 Å². The minimum atomic E-state index is -0.420. The zero-order valence-electron chi connectivity index (χ0n) is 11.3. The smallest absolute Gasteiger partial charge is 0.262 e. The van der Waals surface area contributed by atoms with Gasteiger partial charge < -0.3 is 14.8 Å². The lowest BCUT2D eigenvalue weighted by Crippen LogP contribution is -2.27. The normalized spacial score (nSPS) is 10.8. The standard InChI is InChI=1S/C14H15BrN2O3/c1-19-6-5-17-14(18)11(9-16)7-10-3-4-13(20-2)12(15)8-10/h3-4,7-8H,5-6H2,1-2H3,(H,17,18)/b11-7+. The highest BCUT2D eigenvalue weighted by Gasteiger charge is 2.09. The van der Waals surface area contributed by atoms with Crippen LogP contribution in [0.4, 0.5) is 0 Å². The van der Waals surface area contributed by atoms with E-state index in [4.69, 9.17) is 14.7 Å². The number of benzene rings is 1. The lowest BCUT2D eigenvalue weighted by atomic mass is 10.1. The molecule has 0 aromatic heterocycles. The first-order chi connectivity index (χ1) is 9.62. The molecule has 5 nitrogen and oxygen atoms in total. The summed E-state index contributed by atoms with van der Waals surface area (Å²) in [6, 6.07) is 7.19. The Bertz CT molecular complexity index is 550. The first-order valence-corrected chi connectivity index (χ1v) is 6.64. The molecule has 0 radical (unpaired) electrons. The number of methoxy groups -OCH3 is 2. The molecule has 0 saturated heterocycles. The number of hydrogen-bond acceptors (Lipinski definition) is 4. The number of nitriles is 1. The predicted molar refractivity (Wildman–Crippen MR) is 79.2 cm³/mol. The molecule has 0 heterocycles. The van der Waals surface area contributed by atoms with E-state index in [2.05, 4.69) is 21.2 Å². The Kier molecular flexibility index (Phi) is 6.77. The fraction of sp³-hybridized carbons (Fsp3) is 0.286. The van der Waals surface area contributed by atoms with E-state index in [-0.39, 0.29) is 5.57 Å². The van der Waals surface area contributed by atoms with Crippen LogP contribution in [-0.2, 0) is 9.53 Å². The highest BCUT2D eigenvalue weighted by atomic mass is 79.9. The van der Waals surface area contributed by atoms with Gasteiger partial charge in [0.2, 0.25) is 0 Å². The fourth-order valence-electron chi connectivity index (χ4n) is 1.45. The zero-order valence-corrected chi connectivity index (χ0v) is 12.9. The molecule has 0 aliphatic heterocycles. The van der Waals surface area contributed by atoms with Crippen molar-refractivity contribution in [1.82, 2.24) is 5.32 Å². The molecule has 1 aromatic rings. The van der Waals surface area contributed by atoms with Crippen molar-refractivity contribution < 1.29 is 14.3 Å². The van der Waals surface area contributed by atoms with Crippen LogP contribution in [0.1, 0.15) is 5.56 Å². The lowest BCUT2D eigenvalue weighted by Gasteiger charge is -2.05. The summed E-state index contributed by atoms with van der Waals surface area (Å²) in [5.41, 5.74) is 0.772. The summed E-state index contributed by atoms with van der Waals surface area (Å²) in [5, 5.41) is 11.6. The van der Waals surface area contributed by atoms with Crippen LogP contribution < -0.4 is 10.1 Å². The SMILES string of the molecule is COCCNC(=O)/C(C#N)=C/c1ccc(OC)c(Br)c1. The molecule has 0 bridgehead atoms. The maximum Gasteiger partial charge on any atom is 0.262 e. The molecule has 0 atom stereocenters. The summed E-state index contributed by atoms with van der Waals surface area (Å²) in [5.74, 6) is 0.265. The number of amides is 1. The van der Waals surface area contributed by atoms with Gasteiger partial charge in [0.25, 0.3) is 5.91 Å². The monoisotopic (exact) mass is 338 g/mol. The summed E-state index contributed by atoms with van der Waals surface area (Å²) in [6.07, 6.45) is 1.52. The van der Waals surface area contributed by atoms with Crippen LogP contribution in [0.15, 0.2) is 28.2 Å². The fourth-order valence-corrected chi connectivity index (χ4v) is 2.01. The number of carbonyl (C=O) groups excluding carboxylic acids is 1. The van der Waals surface area contributed by atoms with Crippen molar-refractivity contribution in [2.75, 3.05) is 27.4 Å². The van der Waals surface area contributed by atoms with Crippen LogP contribution in [0.2, 0.25) is 0 Å². The van der Waals surface area contributed by atoms with Crippen LogP contribution in [0, 0.1) is 11.3 Å². The summed E-state index contributed by atoms with van der Waals surface area (Å²) >= 11 is 3.35. The molecule has 1 amide bonds. The molecule has 0 aliphatic carbocycles. The largest absolute Gasteiger partial charge is 0.496 e. The van der Waals surface area contributed by atoms with Gasteiger partial charge >= 0.3 is 0 Å². The van der Waals surface area contributed by atoms with Crippen molar-refractivity contribution in [3.8, 4) is 11.8 Å². The van der Waals surface area contributed by atoms with E-state index < -0.39 is 5.91 Å². The van der Waals surface area contributed by atoms with Gasteiger partial charge in [-0.1, -0.05) is 6.07 Å². The van der Waals surface area contributed by atoms with Gasteiger partial charge in [0.15, 0.2) is 0 Å². The van der Waals surface area contributed by atoms with Gasteiger partial charge in [-0.3, -0.25) is 4.79 Å². The summed E-state index contributed by atoms with van der Waals surface area (Å²) < 4.78 is 10.7. The van der Waals surface area contributed by atoms with Gasteiger partial charge in [-0.15, -0.1) is 0 Å². The number of hydrogen-bond donors (Lipinski definition) is 1. The highest BCUT2D eigenvalue weighted by molar-refractivity contribution is 9.10. The van der Waals surface area contributed by atoms with Gasteiger partial charge in [0, 0.05) is 13.7 Å². The average Bonchev–Trinajstić information content (AvgIpc) is 2.45. The van der Waals surface area contributed by atoms with Crippen LogP contribution >= 0.6 is 15.9 Å². The van der Waals surface area contributed by atoms with Crippen molar-refractivity contribution >= 4 is 27.9 Å². The molecule has 0 unspecified atom stereocenters. The Balaban J connectivity index is 2.86. The lowest BCUT2D eigenvalue weighted by molar-refractivity contribution is -0.117. The molecule has 106 valence electrons. The van der Waals surface area contributed by atoms with E-state index >= 15 is 0 Å². The van der Waals surface area contributed by atoms with Crippen LogP contribution in [-0.4, -0.2) is 33.3 Å². The third kappa shape index (κ3) is 4.68. The van der Waals surface area contributed by atoms with Crippen LogP contribution in [0.5, 0.6) is 5.75 Å². The zero-order chi connectivity index (χ0) is 15.0. The molecule has 1 N–H and O–H groups in total. The molecule has 0 saturated carbocycles. The average molecular weight is 339 g/mol. The maximum absolute atomic E-state index is 11.8. The topological polar surface area (TPSA) is 71.3 Å². The van der Waals surface area contributed by atoms with E-state index in [0.29, 0.717) is 18.9 Å². The second-order valence-electron chi connectivity index (χ2n) is 3.81. The number of nitrogens with one attached hydrogen (secondary N) is 1. The number of ether oxygens (including phenoxy) is 2. The Hall–Kier alpha value is -1.84. The van der Waals surface area contributed by atoms with Gasteiger partial charge in [-0.25, -0.2) is 0 Å². The molecule has 1 rings (SSSR count). The molecular weight excluding hydrogens is 324 g/mol. The molecule has 20 heavy (non-hydrogen) atoms. The summed E-state index contributed by atoms with van der Waals surface area (Å²) in [6.45, 7) is 0.763.